The maximum atomic E-state index is 5.57. The van der Waals surface area contributed by atoms with Gasteiger partial charge in [-0.15, -0.1) is 0 Å². The summed E-state index contributed by atoms with van der Waals surface area (Å²) in [5.41, 5.74) is 6.50. The molecule has 2 nitrogen and oxygen atoms in total. The lowest BCUT2D eigenvalue weighted by molar-refractivity contribution is 0.593. The number of nitrogens with zero attached hydrogens (tertiary/aromatic N) is 1. The summed E-state index contributed by atoms with van der Waals surface area (Å²) >= 11 is 0. The van der Waals surface area contributed by atoms with Gasteiger partial charge >= 0.3 is 0 Å². The summed E-state index contributed by atoms with van der Waals surface area (Å²) < 4.78 is 0. The molecule has 0 saturated carbocycles. The highest BCUT2D eigenvalue weighted by atomic mass is 14.9. The summed E-state index contributed by atoms with van der Waals surface area (Å²) in [5.74, 6) is 0.542. The van der Waals surface area contributed by atoms with Crippen LogP contribution in [0, 0.1) is 5.41 Å². The second-order valence-corrected chi connectivity index (χ2v) is 3.66. The summed E-state index contributed by atoms with van der Waals surface area (Å²) in [6.07, 6.45) is 3.52. The number of allylic oxidation sites excluding steroid dienone is 2. The minimum Gasteiger partial charge on any atom is -0.384 e. The summed E-state index contributed by atoms with van der Waals surface area (Å²) in [6.45, 7) is 11.8. The molecule has 0 aliphatic rings. The van der Waals surface area contributed by atoms with Gasteiger partial charge in [0.1, 0.15) is 5.82 Å². The van der Waals surface area contributed by atoms with Crippen molar-refractivity contribution in [3.8, 4) is 0 Å². The molecule has 0 aliphatic heterocycles. The van der Waals surface area contributed by atoms with E-state index in [0.717, 1.165) is 5.71 Å². The van der Waals surface area contributed by atoms with Gasteiger partial charge in [0, 0.05) is 11.1 Å². The van der Waals surface area contributed by atoms with Gasteiger partial charge in [-0.05, 0) is 19.1 Å². The first-order valence-corrected chi connectivity index (χ1v) is 4.05. The van der Waals surface area contributed by atoms with E-state index >= 15 is 0 Å². The molecule has 0 aromatic heterocycles. The zero-order valence-electron chi connectivity index (χ0n) is 8.39. The normalized spacial score (nSPS) is 14.7. The largest absolute Gasteiger partial charge is 0.384 e. The summed E-state index contributed by atoms with van der Waals surface area (Å²) in [6, 6.07) is 0. The van der Waals surface area contributed by atoms with Crippen LogP contribution in [-0.2, 0) is 0 Å². The van der Waals surface area contributed by atoms with Crippen LogP contribution in [-0.4, -0.2) is 5.71 Å². The zero-order chi connectivity index (χ0) is 9.78. The predicted octanol–water partition coefficient (Wildman–Crippen LogP) is 2.48. The Balaban J connectivity index is 4.80. The van der Waals surface area contributed by atoms with Gasteiger partial charge in [0.15, 0.2) is 0 Å². The lowest BCUT2D eigenvalue weighted by Gasteiger charge is -2.18. The van der Waals surface area contributed by atoms with Crippen LogP contribution >= 0.6 is 0 Å². The first kappa shape index (κ1) is 11.0. The number of aliphatic imine (C=N–C) groups is 1. The molecule has 0 saturated heterocycles. The van der Waals surface area contributed by atoms with Crippen molar-refractivity contribution in [2.75, 3.05) is 0 Å². The molecular formula is C10H18N2. The Morgan fingerprint density at radius 2 is 1.92 bits per heavy atom. The fraction of sp³-hybridized carbons (Fsp3) is 0.500. The monoisotopic (exact) mass is 166 g/mol. The van der Waals surface area contributed by atoms with Crippen molar-refractivity contribution in [3.05, 3.63) is 24.6 Å². The summed E-state index contributed by atoms with van der Waals surface area (Å²) in [5, 5.41) is 0. The molecule has 0 atom stereocenters. The topological polar surface area (TPSA) is 38.4 Å². The Morgan fingerprint density at radius 3 is 2.17 bits per heavy atom. The van der Waals surface area contributed by atoms with Gasteiger partial charge in [0.25, 0.3) is 0 Å². The zero-order valence-corrected chi connectivity index (χ0v) is 8.39. The minimum absolute atomic E-state index is 0.00931. The molecule has 0 bridgehead atoms. The van der Waals surface area contributed by atoms with Crippen molar-refractivity contribution >= 4 is 5.71 Å². The van der Waals surface area contributed by atoms with Crippen LogP contribution in [0.5, 0.6) is 0 Å². The van der Waals surface area contributed by atoms with Crippen LogP contribution in [0.4, 0.5) is 0 Å². The van der Waals surface area contributed by atoms with Crippen LogP contribution in [0.1, 0.15) is 27.7 Å². The van der Waals surface area contributed by atoms with E-state index in [9.17, 15) is 0 Å². The number of rotatable bonds is 2. The first-order chi connectivity index (χ1) is 5.41. The van der Waals surface area contributed by atoms with E-state index in [1.54, 1.807) is 12.2 Å². The van der Waals surface area contributed by atoms with E-state index in [-0.39, 0.29) is 5.41 Å². The lowest BCUT2D eigenvalue weighted by Crippen LogP contribution is -2.18. The number of nitrogens with two attached hydrogens (primary N) is 1. The summed E-state index contributed by atoms with van der Waals surface area (Å²) in [4.78, 5) is 4.22. The van der Waals surface area contributed by atoms with E-state index in [0.29, 0.717) is 5.82 Å². The van der Waals surface area contributed by atoms with Crippen LogP contribution < -0.4 is 5.73 Å². The van der Waals surface area contributed by atoms with Crippen LogP contribution in [0.2, 0.25) is 0 Å². The molecule has 0 heterocycles. The highest BCUT2D eigenvalue weighted by Gasteiger charge is 2.15. The molecule has 68 valence electrons. The van der Waals surface area contributed by atoms with Crippen molar-refractivity contribution in [1.29, 1.82) is 0 Å². The molecule has 0 aromatic rings. The molecule has 0 fully saturated rings. The third-order valence-electron chi connectivity index (χ3n) is 1.51. The highest BCUT2D eigenvalue weighted by molar-refractivity contribution is 5.99. The van der Waals surface area contributed by atoms with Crippen molar-refractivity contribution in [1.82, 2.24) is 0 Å². The minimum atomic E-state index is 0.00931. The van der Waals surface area contributed by atoms with Crippen molar-refractivity contribution in [2.24, 2.45) is 16.1 Å². The Hall–Kier alpha value is -1.05. The van der Waals surface area contributed by atoms with Crippen LogP contribution in [0.25, 0.3) is 0 Å². The molecular weight excluding hydrogens is 148 g/mol. The molecule has 0 amide bonds. The van der Waals surface area contributed by atoms with Gasteiger partial charge in [-0.25, -0.2) is 4.99 Å². The van der Waals surface area contributed by atoms with Crippen molar-refractivity contribution in [3.63, 3.8) is 0 Å². The van der Waals surface area contributed by atoms with Gasteiger partial charge in [-0.2, -0.15) is 0 Å². The average molecular weight is 166 g/mol. The maximum Gasteiger partial charge on any atom is 0.119 e. The SMILES string of the molecule is C=C/C(=N\C(N)=C/C)C(C)(C)C. The predicted molar refractivity (Wildman–Crippen MR) is 55.0 cm³/mol. The highest BCUT2D eigenvalue weighted by Crippen LogP contribution is 2.17. The van der Waals surface area contributed by atoms with Gasteiger partial charge in [0.2, 0.25) is 0 Å². The average Bonchev–Trinajstić information content (AvgIpc) is 1.97. The molecule has 12 heavy (non-hydrogen) atoms. The first-order valence-electron chi connectivity index (χ1n) is 4.05. The Bertz CT molecular complexity index is 216. The third-order valence-corrected chi connectivity index (χ3v) is 1.51. The van der Waals surface area contributed by atoms with E-state index in [4.69, 9.17) is 5.73 Å². The van der Waals surface area contributed by atoms with Crippen molar-refractivity contribution in [2.45, 2.75) is 27.7 Å². The van der Waals surface area contributed by atoms with E-state index in [1.807, 2.05) is 6.92 Å². The van der Waals surface area contributed by atoms with Gasteiger partial charge < -0.3 is 5.73 Å². The maximum absolute atomic E-state index is 5.57. The Kier molecular flexibility index (Phi) is 3.74. The quantitative estimate of drug-likeness (QED) is 0.629. The molecule has 0 spiro atoms. The second-order valence-electron chi connectivity index (χ2n) is 3.66. The molecule has 0 radical (unpaired) electrons. The van der Waals surface area contributed by atoms with Gasteiger partial charge in [-0.3, -0.25) is 0 Å². The Labute approximate surface area is 74.9 Å². The standard InChI is InChI=1S/C10H18N2/c1-6-8(10(3,4)5)12-9(11)7-2/h6-7H,1,11H2,2-5H3/b9-7-,12-8+. The Morgan fingerprint density at radius 1 is 1.42 bits per heavy atom. The van der Waals surface area contributed by atoms with E-state index in [2.05, 4.69) is 32.3 Å². The molecule has 0 unspecified atom stereocenters. The second kappa shape index (κ2) is 4.10. The molecule has 0 aromatic carbocycles. The van der Waals surface area contributed by atoms with Gasteiger partial charge in [0.05, 0.1) is 0 Å². The van der Waals surface area contributed by atoms with E-state index in [1.165, 1.54) is 0 Å². The lowest BCUT2D eigenvalue weighted by atomic mass is 9.90. The summed E-state index contributed by atoms with van der Waals surface area (Å²) in [7, 11) is 0. The van der Waals surface area contributed by atoms with Gasteiger partial charge in [-0.1, -0.05) is 27.4 Å². The molecule has 0 aliphatic carbocycles. The number of hydrogen-bond acceptors (Lipinski definition) is 2. The smallest absolute Gasteiger partial charge is 0.119 e. The third kappa shape index (κ3) is 3.37. The van der Waals surface area contributed by atoms with Crippen LogP contribution in [0.3, 0.4) is 0 Å². The fourth-order valence-electron chi connectivity index (χ4n) is 0.723. The fourth-order valence-corrected chi connectivity index (χ4v) is 0.723. The molecule has 0 rings (SSSR count). The molecule has 2 N–H and O–H groups in total. The van der Waals surface area contributed by atoms with E-state index < -0.39 is 0 Å². The molecule has 2 heteroatoms. The van der Waals surface area contributed by atoms with Crippen LogP contribution in [0.15, 0.2) is 29.5 Å². The van der Waals surface area contributed by atoms with Crippen molar-refractivity contribution < 1.29 is 0 Å². The number of hydrogen-bond donors (Lipinski definition) is 1.